The van der Waals surface area contributed by atoms with Gasteiger partial charge in [0.1, 0.15) is 11.9 Å². The van der Waals surface area contributed by atoms with Crippen LogP contribution >= 0.6 is 11.6 Å². The number of ether oxygens (including phenoxy) is 5. The Labute approximate surface area is 223 Å². The Morgan fingerprint density at radius 1 is 1.05 bits per heavy atom. The molecule has 7 nitrogen and oxygen atoms in total. The normalized spacial score (nSPS) is 28.5. The summed E-state index contributed by atoms with van der Waals surface area (Å²) in [6.45, 7) is 5.05. The van der Waals surface area contributed by atoms with Gasteiger partial charge in [0.25, 0.3) is 5.91 Å². The van der Waals surface area contributed by atoms with E-state index in [1.165, 1.54) is 0 Å². The second-order valence-corrected chi connectivity index (χ2v) is 11.3. The fourth-order valence-corrected chi connectivity index (χ4v) is 5.45. The van der Waals surface area contributed by atoms with Gasteiger partial charge in [-0.1, -0.05) is 35.9 Å². The largest absolute Gasteiger partial charge is 0.497 e. The fraction of sp³-hybridized carbons (Fsp3) is 0.552. The summed E-state index contributed by atoms with van der Waals surface area (Å²) in [5.74, 6) is 0.399. The van der Waals surface area contributed by atoms with E-state index >= 15 is 0 Å². The third-order valence-electron chi connectivity index (χ3n) is 7.31. The van der Waals surface area contributed by atoms with Crippen molar-refractivity contribution in [1.29, 1.82) is 0 Å². The molecule has 2 aliphatic carbocycles. The number of methoxy groups -OCH3 is 1. The Morgan fingerprint density at radius 2 is 1.81 bits per heavy atom. The molecule has 0 radical (unpaired) electrons. The minimum absolute atomic E-state index is 0.120. The van der Waals surface area contributed by atoms with Crippen LogP contribution in [0.2, 0.25) is 5.02 Å². The lowest BCUT2D eigenvalue weighted by Crippen LogP contribution is -2.60. The SMILES string of the molecule is COc1cccc(CO[C@]2(C(=O)NCC3CC3)CC(OCc3cccc(Cl)c3)[C@@H]3OC(C)(C)O[C@@H]3C2)c1. The van der Waals surface area contributed by atoms with Crippen LogP contribution in [0.5, 0.6) is 5.75 Å². The molecule has 1 heterocycles. The molecule has 1 saturated heterocycles. The average Bonchev–Trinajstić information content (AvgIpc) is 3.65. The maximum Gasteiger partial charge on any atom is 0.252 e. The van der Waals surface area contributed by atoms with E-state index in [1.54, 1.807) is 7.11 Å². The second-order valence-electron chi connectivity index (χ2n) is 10.8. The van der Waals surface area contributed by atoms with Crippen LogP contribution in [-0.4, -0.2) is 49.3 Å². The van der Waals surface area contributed by atoms with Crippen molar-refractivity contribution < 1.29 is 28.5 Å². The lowest BCUT2D eigenvalue weighted by molar-refractivity contribution is -0.183. The van der Waals surface area contributed by atoms with Crippen LogP contribution in [0.15, 0.2) is 48.5 Å². The van der Waals surface area contributed by atoms with Crippen LogP contribution in [0.4, 0.5) is 0 Å². The zero-order valence-electron chi connectivity index (χ0n) is 21.7. The summed E-state index contributed by atoms with van der Waals surface area (Å²) in [5.41, 5.74) is 0.757. The van der Waals surface area contributed by atoms with Crippen LogP contribution in [0.1, 0.15) is 50.7 Å². The number of benzene rings is 2. The van der Waals surface area contributed by atoms with E-state index < -0.39 is 17.5 Å². The molecule has 0 aromatic heterocycles. The van der Waals surface area contributed by atoms with Gasteiger partial charge in [-0.25, -0.2) is 0 Å². The van der Waals surface area contributed by atoms with E-state index in [0.29, 0.717) is 36.9 Å². The summed E-state index contributed by atoms with van der Waals surface area (Å²) in [6.07, 6.45) is 1.99. The minimum atomic E-state index is -1.12. The number of amides is 1. The van der Waals surface area contributed by atoms with Gasteiger partial charge in [-0.05, 0) is 68.0 Å². The van der Waals surface area contributed by atoms with Gasteiger partial charge in [-0.15, -0.1) is 0 Å². The number of carbonyl (C=O) groups is 1. The van der Waals surface area contributed by atoms with Gasteiger partial charge in [-0.3, -0.25) is 4.79 Å². The molecule has 4 atom stereocenters. The number of nitrogens with one attached hydrogen (secondary N) is 1. The van der Waals surface area contributed by atoms with Crippen molar-refractivity contribution in [2.24, 2.45) is 5.92 Å². The van der Waals surface area contributed by atoms with Gasteiger partial charge in [0, 0.05) is 24.4 Å². The molecule has 2 aromatic carbocycles. The van der Waals surface area contributed by atoms with E-state index in [1.807, 2.05) is 62.4 Å². The predicted octanol–water partition coefficient (Wildman–Crippen LogP) is 5.03. The second kappa shape index (κ2) is 10.9. The van der Waals surface area contributed by atoms with Crippen molar-refractivity contribution in [3.63, 3.8) is 0 Å². The van der Waals surface area contributed by atoms with Crippen molar-refractivity contribution in [3.8, 4) is 5.75 Å². The molecule has 1 unspecified atom stereocenters. The Balaban J connectivity index is 1.39. The van der Waals surface area contributed by atoms with E-state index in [4.69, 9.17) is 35.3 Å². The molecule has 2 saturated carbocycles. The van der Waals surface area contributed by atoms with Gasteiger partial charge in [-0.2, -0.15) is 0 Å². The quantitative estimate of drug-likeness (QED) is 0.465. The maximum absolute atomic E-state index is 13.8. The molecular formula is C29H36ClNO6. The number of halogens is 1. The van der Waals surface area contributed by atoms with Crippen molar-refractivity contribution in [1.82, 2.24) is 5.32 Å². The number of rotatable bonds is 10. The Bertz CT molecular complexity index is 1110. The molecule has 200 valence electrons. The highest BCUT2D eigenvalue weighted by molar-refractivity contribution is 6.30. The Morgan fingerprint density at radius 3 is 2.54 bits per heavy atom. The van der Waals surface area contributed by atoms with Crippen LogP contribution < -0.4 is 10.1 Å². The molecule has 8 heteroatoms. The first kappa shape index (κ1) is 26.4. The summed E-state index contributed by atoms with van der Waals surface area (Å²) in [5, 5.41) is 3.81. The Hall–Kier alpha value is -2.16. The zero-order chi connectivity index (χ0) is 26.0. The molecule has 3 aliphatic rings. The van der Waals surface area contributed by atoms with E-state index in [2.05, 4.69) is 5.32 Å². The molecule has 0 bridgehead atoms. The minimum Gasteiger partial charge on any atom is -0.497 e. The molecule has 0 spiro atoms. The highest BCUT2D eigenvalue weighted by atomic mass is 35.5. The van der Waals surface area contributed by atoms with E-state index in [9.17, 15) is 4.79 Å². The summed E-state index contributed by atoms with van der Waals surface area (Å²) in [6, 6.07) is 15.3. The van der Waals surface area contributed by atoms with Crippen molar-refractivity contribution in [2.45, 2.75) is 82.4 Å². The van der Waals surface area contributed by atoms with Crippen LogP contribution in [0, 0.1) is 5.92 Å². The molecule has 1 amide bonds. The Kier molecular flexibility index (Phi) is 7.80. The van der Waals surface area contributed by atoms with Gasteiger partial charge in [0.2, 0.25) is 0 Å². The lowest BCUT2D eigenvalue weighted by Gasteiger charge is -2.43. The van der Waals surface area contributed by atoms with Gasteiger partial charge in [0.15, 0.2) is 11.4 Å². The smallest absolute Gasteiger partial charge is 0.252 e. The highest BCUT2D eigenvalue weighted by Gasteiger charge is 2.58. The third kappa shape index (κ3) is 6.47. The number of carbonyl (C=O) groups excluding carboxylic acids is 1. The van der Waals surface area contributed by atoms with Gasteiger partial charge in [0.05, 0.1) is 32.5 Å². The molecule has 1 aliphatic heterocycles. The maximum atomic E-state index is 13.8. The van der Waals surface area contributed by atoms with E-state index in [0.717, 1.165) is 29.7 Å². The van der Waals surface area contributed by atoms with Crippen molar-refractivity contribution in [2.75, 3.05) is 13.7 Å². The van der Waals surface area contributed by atoms with Crippen LogP contribution in [0.3, 0.4) is 0 Å². The topological polar surface area (TPSA) is 75.3 Å². The van der Waals surface area contributed by atoms with Gasteiger partial charge >= 0.3 is 0 Å². The van der Waals surface area contributed by atoms with Crippen LogP contribution in [0.25, 0.3) is 0 Å². The molecular weight excluding hydrogens is 494 g/mol. The molecule has 3 fully saturated rings. The summed E-state index contributed by atoms with van der Waals surface area (Å²) in [4.78, 5) is 13.8. The monoisotopic (exact) mass is 529 g/mol. The van der Waals surface area contributed by atoms with Crippen molar-refractivity contribution >= 4 is 17.5 Å². The molecule has 1 N–H and O–H groups in total. The predicted molar refractivity (Wildman–Crippen MR) is 139 cm³/mol. The van der Waals surface area contributed by atoms with Gasteiger partial charge < -0.3 is 29.0 Å². The summed E-state index contributed by atoms with van der Waals surface area (Å²) in [7, 11) is 1.63. The zero-order valence-corrected chi connectivity index (χ0v) is 22.5. The van der Waals surface area contributed by atoms with E-state index in [-0.39, 0.29) is 24.7 Å². The molecule has 2 aromatic rings. The van der Waals surface area contributed by atoms with Crippen molar-refractivity contribution in [3.05, 3.63) is 64.7 Å². The summed E-state index contributed by atoms with van der Waals surface area (Å²) < 4.78 is 30.9. The lowest BCUT2D eigenvalue weighted by atomic mass is 9.78. The fourth-order valence-electron chi connectivity index (χ4n) is 5.24. The first-order valence-corrected chi connectivity index (χ1v) is 13.4. The molecule has 37 heavy (non-hydrogen) atoms. The standard InChI is InChI=1S/C29H36ClNO6/c1-28(2)36-25-15-29(27(32)31-16-19-10-11-19,35-18-21-7-5-9-23(13-21)33-3)14-24(26(25)37-28)34-17-20-6-4-8-22(30)12-20/h4-9,12-13,19,24-26H,10-11,14-18H2,1-3H3,(H,31,32)/t24?,25-,26+,29-/m1/s1. The first-order valence-electron chi connectivity index (χ1n) is 13.0. The molecule has 5 rings (SSSR count). The average molecular weight is 530 g/mol. The highest BCUT2D eigenvalue weighted by Crippen LogP contribution is 2.44. The number of hydrogen-bond acceptors (Lipinski definition) is 6. The van der Waals surface area contributed by atoms with Crippen LogP contribution in [-0.2, 0) is 37.0 Å². The first-order chi connectivity index (χ1) is 17.7. The third-order valence-corrected chi connectivity index (χ3v) is 7.55. The number of fused-ring (bicyclic) bond motifs is 1. The number of hydrogen-bond donors (Lipinski definition) is 1. The summed E-state index contributed by atoms with van der Waals surface area (Å²) >= 11 is 6.18.